The Labute approximate surface area is 79.5 Å². The molecule has 0 heterocycles. The maximum Gasteiger partial charge on any atom is 0.364 e. The average Bonchev–Trinajstić information content (AvgIpc) is 2.09. The van der Waals surface area contributed by atoms with Gasteiger partial charge in [0, 0.05) is 0 Å². The van der Waals surface area contributed by atoms with Gasteiger partial charge in [-0.3, -0.25) is 0 Å². The minimum absolute atomic E-state index is 0.106. The second-order valence-corrected chi connectivity index (χ2v) is 3.31. The van der Waals surface area contributed by atoms with Crippen LogP contribution < -0.4 is 0 Å². The summed E-state index contributed by atoms with van der Waals surface area (Å²) in [6.45, 7) is 0. The van der Waals surface area contributed by atoms with Crippen LogP contribution in [0.15, 0.2) is 12.2 Å². The number of allylic oxidation sites excluding steroid dienone is 1. The SMILES string of the molecule is [2H]SC(=O)OC1/C=C/CCCCC1. The number of carbonyl (C=O) groups excluding carboxylic acids is 1. The van der Waals surface area contributed by atoms with Gasteiger partial charge < -0.3 is 4.74 Å². The summed E-state index contributed by atoms with van der Waals surface area (Å²) >= 11 is 0.385. The minimum atomic E-state index is -0.504. The van der Waals surface area contributed by atoms with Gasteiger partial charge in [0.15, 0.2) is 0 Å². The molecule has 1 aliphatic carbocycles. The van der Waals surface area contributed by atoms with E-state index in [1.54, 1.807) is 0 Å². The monoisotopic (exact) mass is 187 g/mol. The first-order valence-corrected chi connectivity index (χ1v) is 4.74. The van der Waals surface area contributed by atoms with Crippen molar-refractivity contribution in [3.05, 3.63) is 12.2 Å². The van der Waals surface area contributed by atoms with Gasteiger partial charge in [0.1, 0.15) is 7.23 Å². The van der Waals surface area contributed by atoms with E-state index in [0.717, 1.165) is 19.3 Å². The second kappa shape index (κ2) is 5.25. The van der Waals surface area contributed by atoms with Crippen LogP contribution in [0.2, 0.25) is 0 Å². The summed E-state index contributed by atoms with van der Waals surface area (Å²) in [6.07, 6.45) is 9.39. The van der Waals surface area contributed by atoms with Gasteiger partial charge in [-0.2, -0.15) is 0 Å². The van der Waals surface area contributed by atoms with Crippen molar-refractivity contribution in [1.82, 2.24) is 0 Å². The highest BCUT2D eigenvalue weighted by Crippen LogP contribution is 2.14. The van der Waals surface area contributed by atoms with Gasteiger partial charge in [0.05, 0.1) is 0 Å². The van der Waals surface area contributed by atoms with Crippen molar-refractivity contribution in [2.75, 3.05) is 0 Å². The van der Waals surface area contributed by atoms with Crippen LogP contribution in [0.3, 0.4) is 0 Å². The van der Waals surface area contributed by atoms with Crippen LogP contribution >= 0.6 is 12.5 Å². The van der Waals surface area contributed by atoms with E-state index in [9.17, 15) is 4.79 Å². The maximum absolute atomic E-state index is 10.8. The molecule has 1 aliphatic rings. The zero-order chi connectivity index (χ0) is 9.52. The van der Waals surface area contributed by atoms with Gasteiger partial charge in [-0.15, -0.1) is 0 Å². The standard InChI is InChI=1S/C9H14O2S/c10-9(12)11-8-6-4-2-1-3-5-7-8/h4,6,8H,1-3,5,7H2,(H,10,12)/b6-4+/i/hD. The van der Waals surface area contributed by atoms with Crippen LogP contribution in [0.5, 0.6) is 0 Å². The summed E-state index contributed by atoms with van der Waals surface area (Å²) in [5.41, 5.74) is 0. The molecule has 3 heteroatoms. The Bertz CT molecular complexity index is 194. The third kappa shape index (κ3) is 3.81. The summed E-state index contributed by atoms with van der Waals surface area (Å²) in [4.78, 5) is 10.8. The number of ether oxygens (including phenoxy) is 1. The maximum atomic E-state index is 10.8. The zero-order valence-electron chi connectivity index (χ0n) is 7.99. The fourth-order valence-corrected chi connectivity index (χ4v) is 1.47. The highest BCUT2D eigenvalue weighted by atomic mass is 32.1. The molecule has 0 aromatic rings. The first kappa shape index (κ1) is 8.17. The normalized spacial score (nSPS) is 28.0. The number of thiol groups is 1. The topological polar surface area (TPSA) is 26.3 Å². The van der Waals surface area contributed by atoms with E-state index < -0.39 is 5.30 Å². The second-order valence-electron chi connectivity index (χ2n) is 2.97. The molecule has 1 unspecified atom stereocenters. The molecular formula is C9H14O2S. The number of hydrogen-bond acceptors (Lipinski definition) is 3. The molecule has 12 heavy (non-hydrogen) atoms. The third-order valence-electron chi connectivity index (χ3n) is 1.96. The van der Waals surface area contributed by atoms with E-state index in [-0.39, 0.29) is 6.10 Å². The van der Waals surface area contributed by atoms with E-state index in [4.69, 9.17) is 5.86 Å². The molecule has 1 rings (SSSR count). The van der Waals surface area contributed by atoms with Crippen molar-refractivity contribution < 1.29 is 9.53 Å². The third-order valence-corrected chi connectivity index (χ3v) is 2.05. The fraction of sp³-hybridized carbons (Fsp3) is 0.667. The Morgan fingerprint density at radius 2 is 2.50 bits per heavy atom. The Hall–Kier alpha value is -0.440. The molecule has 0 N–H and O–H groups in total. The molecule has 0 fully saturated rings. The number of carbonyl (C=O) groups is 1. The molecule has 0 aromatic carbocycles. The summed E-state index contributed by atoms with van der Waals surface area (Å²) in [6, 6.07) is 0. The van der Waals surface area contributed by atoms with Crippen molar-refractivity contribution in [3.8, 4) is 0 Å². The molecule has 68 valence electrons. The van der Waals surface area contributed by atoms with Gasteiger partial charge in [-0.05, 0) is 31.8 Å². The lowest BCUT2D eigenvalue weighted by Crippen LogP contribution is -2.12. The van der Waals surface area contributed by atoms with Crippen molar-refractivity contribution in [2.45, 2.75) is 38.2 Å². The van der Waals surface area contributed by atoms with Crippen LogP contribution in [-0.4, -0.2) is 12.5 Å². The van der Waals surface area contributed by atoms with Crippen LogP contribution in [0.1, 0.15) is 32.1 Å². The largest absolute Gasteiger partial charge is 0.450 e. The van der Waals surface area contributed by atoms with Crippen LogP contribution in [0.25, 0.3) is 0 Å². The van der Waals surface area contributed by atoms with E-state index in [2.05, 4.69) is 6.08 Å². The van der Waals surface area contributed by atoms with E-state index >= 15 is 0 Å². The summed E-state index contributed by atoms with van der Waals surface area (Å²) in [5, 5.41) is -0.504. The molecule has 0 radical (unpaired) electrons. The molecule has 0 bridgehead atoms. The highest BCUT2D eigenvalue weighted by Gasteiger charge is 2.09. The van der Waals surface area contributed by atoms with Crippen LogP contribution in [0, 0.1) is 0 Å². The molecule has 2 nitrogen and oxygen atoms in total. The van der Waals surface area contributed by atoms with E-state index in [1.807, 2.05) is 6.08 Å². The Morgan fingerprint density at radius 1 is 1.58 bits per heavy atom. The lowest BCUT2D eigenvalue weighted by Gasteiger charge is -2.14. The average molecular weight is 187 g/mol. The molecule has 1 atom stereocenters. The Balaban J connectivity index is 2.37. The van der Waals surface area contributed by atoms with Crippen molar-refractivity contribution in [2.24, 2.45) is 0 Å². The van der Waals surface area contributed by atoms with Gasteiger partial charge in [0.25, 0.3) is 0 Å². The van der Waals surface area contributed by atoms with Gasteiger partial charge >= 0.3 is 5.30 Å². The lowest BCUT2D eigenvalue weighted by atomic mass is 10.0. The van der Waals surface area contributed by atoms with Gasteiger partial charge in [0.2, 0.25) is 0 Å². The lowest BCUT2D eigenvalue weighted by molar-refractivity contribution is 0.140. The fourth-order valence-electron chi connectivity index (χ4n) is 1.35. The molecular weight excluding hydrogens is 172 g/mol. The summed E-state index contributed by atoms with van der Waals surface area (Å²) < 4.78 is 11.8. The summed E-state index contributed by atoms with van der Waals surface area (Å²) in [5.74, 6) is 0. The first-order chi connectivity index (χ1) is 6.33. The Morgan fingerprint density at radius 3 is 3.33 bits per heavy atom. The predicted octanol–water partition coefficient (Wildman–Crippen LogP) is 2.94. The van der Waals surface area contributed by atoms with Gasteiger partial charge in [-0.1, -0.05) is 25.0 Å². The summed E-state index contributed by atoms with van der Waals surface area (Å²) in [7, 11) is 0. The van der Waals surface area contributed by atoms with Gasteiger partial charge in [-0.25, -0.2) is 4.79 Å². The molecule has 0 saturated carbocycles. The van der Waals surface area contributed by atoms with Crippen LogP contribution in [0.4, 0.5) is 4.79 Å². The minimum Gasteiger partial charge on any atom is -0.450 e. The highest BCUT2D eigenvalue weighted by molar-refractivity contribution is 7.96. The molecule has 0 aliphatic heterocycles. The van der Waals surface area contributed by atoms with Crippen molar-refractivity contribution in [1.29, 1.82) is 1.12 Å². The zero-order valence-corrected chi connectivity index (χ0v) is 7.81. The molecule has 0 amide bonds. The molecule has 0 saturated heterocycles. The quantitative estimate of drug-likeness (QED) is 0.388. The van der Waals surface area contributed by atoms with Crippen molar-refractivity contribution in [3.63, 3.8) is 0 Å². The van der Waals surface area contributed by atoms with Crippen LogP contribution in [-0.2, 0) is 4.74 Å². The van der Waals surface area contributed by atoms with E-state index in [0.29, 0.717) is 12.5 Å². The molecule has 0 aromatic heterocycles. The Kier molecular flexibility index (Phi) is 3.57. The number of rotatable bonds is 1. The predicted molar refractivity (Wildman–Crippen MR) is 51.5 cm³/mol. The van der Waals surface area contributed by atoms with E-state index in [1.165, 1.54) is 12.8 Å². The number of hydrogen-bond donors (Lipinski definition) is 1. The molecule has 0 spiro atoms. The smallest absolute Gasteiger partial charge is 0.364 e. The van der Waals surface area contributed by atoms with Crippen molar-refractivity contribution >= 4 is 17.8 Å². The first-order valence-electron chi connectivity index (χ1n) is 4.74.